The molecule has 6 heteroatoms. The van der Waals surface area contributed by atoms with Gasteiger partial charge in [0.1, 0.15) is 0 Å². The van der Waals surface area contributed by atoms with Gasteiger partial charge in [0.25, 0.3) is 0 Å². The maximum atomic E-state index is 8.86. The number of ether oxygens (including phenoxy) is 1. The molecule has 2 fully saturated rings. The Balaban J connectivity index is 0.00000208. The van der Waals surface area contributed by atoms with Crippen LogP contribution < -0.4 is 5.32 Å². The minimum absolute atomic E-state index is 0. The Labute approximate surface area is 161 Å². The predicted octanol–water partition coefficient (Wildman–Crippen LogP) is 2.75. The zero-order valence-electron chi connectivity index (χ0n) is 14.1. The molecule has 1 aromatic rings. The van der Waals surface area contributed by atoms with E-state index in [4.69, 9.17) is 15.0 Å². The Kier molecular flexibility index (Phi) is 6.87. The molecule has 1 unspecified atom stereocenters. The van der Waals surface area contributed by atoms with Gasteiger partial charge in [0.15, 0.2) is 5.96 Å². The summed E-state index contributed by atoms with van der Waals surface area (Å²) in [6.45, 7) is 7.46. The molecule has 1 N–H and O–H groups in total. The Morgan fingerprint density at radius 2 is 2.17 bits per heavy atom. The van der Waals surface area contributed by atoms with Crippen molar-refractivity contribution in [3.05, 3.63) is 35.4 Å². The molecular weight excluding hydrogens is 415 g/mol. The molecule has 130 valence electrons. The van der Waals surface area contributed by atoms with Crippen molar-refractivity contribution in [2.75, 3.05) is 32.8 Å². The number of hydrogen-bond donors (Lipinski definition) is 1. The number of benzene rings is 1. The minimum atomic E-state index is 0. The molecule has 2 heterocycles. The SMILES string of the molecule is CCNC(=NCc1ccc(C#N)cc1)N1CCC2(CCOC2)C1.I. The van der Waals surface area contributed by atoms with Gasteiger partial charge in [-0.2, -0.15) is 5.26 Å². The van der Waals surface area contributed by atoms with E-state index >= 15 is 0 Å². The molecule has 0 saturated carbocycles. The van der Waals surface area contributed by atoms with Crippen molar-refractivity contribution >= 4 is 29.9 Å². The van der Waals surface area contributed by atoms with E-state index in [1.807, 2.05) is 24.3 Å². The van der Waals surface area contributed by atoms with E-state index in [9.17, 15) is 0 Å². The third-order valence-electron chi connectivity index (χ3n) is 4.75. The Bertz CT molecular complexity index is 602. The van der Waals surface area contributed by atoms with Crippen LogP contribution in [0.25, 0.3) is 0 Å². The fraction of sp³-hybridized carbons (Fsp3) is 0.556. The van der Waals surface area contributed by atoms with E-state index < -0.39 is 0 Å². The standard InChI is InChI=1S/C18H24N4O.HI/c1-2-20-17(21-12-16-5-3-15(11-19)4-6-16)22-9-7-18(13-22)8-10-23-14-18;/h3-6H,2,7-10,12-14H2,1H3,(H,20,21);1H. The Morgan fingerprint density at radius 1 is 1.38 bits per heavy atom. The number of nitriles is 1. The van der Waals surface area contributed by atoms with Gasteiger partial charge in [0.05, 0.1) is 24.8 Å². The van der Waals surface area contributed by atoms with Gasteiger partial charge in [-0.3, -0.25) is 0 Å². The molecule has 0 aromatic heterocycles. The summed E-state index contributed by atoms with van der Waals surface area (Å²) < 4.78 is 5.61. The van der Waals surface area contributed by atoms with E-state index in [-0.39, 0.29) is 24.0 Å². The molecule has 3 rings (SSSR count). The summed E-state index contributed by atoms with van der Waals surface area (Å²) in [4.78, 5) is 7.15. The van der Waals surface area contributed by atoms with Gasteiger partial charge >= 0.3 is 0 Å². The van der Waals surface area contributed by atoms with Gasteiger partial charge in [-0.1, -0.05) is 12.1 Å². The number of guanidine groups is 1. The topological polar surface area (TPSA) is 60.7 Å². The van der Waals surface area contributed by atoms with Crippen LogP contribution in [0, 0.1) is 16.7 Å². The summed E-state index contributed by atoms with van der Waals surface area (Å²) in [5, 5.41) is 12.3. The summed E-state index contributed by atoms with van der Waals surface area (Å²) in [5.74, 6) is 0.987. The fourth-order valence-corrected chi connectivity index (χ4v) is 3.36. The van der Waals surface area contributed by atoms with Crippen LogP contribution >= 0.6 is 24.0 Å². The maximum Gasteiger partial charge on any atom is 0.194 e. The number of hydrogen-bond acceptors (Lipinski definition) is 3. The van der Waals surface area contributed by atoms with Crippen molar-refractivity contribution in [3.8, 4) is 6.07 Å². The molecule has 0 aliphatic carbocycles. The number of halogens is 1. The van der Waals surface area contributed by atoms with Gasteiger partial charge < -0.3 is 15.0 Å². The fourth-order valence-electron chi connectivity index (χ4n) is 3.36. The maximum absolute atomic E-state index is 8.86. The van der Waals surface area contributed by atoms with Crippen LogP contribution in [0.1, 0.15) is 30.9 Å². The van der Waals surface area contributed by atoms with Crippen LogP contribution in [0.5, 0.6) is 0 Å². The second-order valence-electron chi connectivity index (χ2n) is 6.45. The van der Waals surface area contributed by atoms with Crippen molar-refractivity contribution in [2.24, 2.45) is 10.4 Å². The van der Waals surface area contributed by atoms with Gasteiger partial charge in [0, 0.05) is 31.7 Å². The lowest BCUT2D eigenvalue weighted by Gasteiger charge is -2.25. The van der Waals surface area contributed by atoms with Crippen LogP contribution in [0.15, 0.2) is 29.3 Å². The number of aliphatic imine (C=N–C) groups is 1. The summed E-state index contributed by atoms with van der Waals surface area (Å²) in [7, 11) is 0. The van der Waals surface area contributed by atoms with Crippen molar-refractivity contribution in [1.29, 1.82) is 5.26 Å². The van der Waals surface area contributed by atoms with Crippen LogP contribution in [-0.2, 0) is 11.3 Å². The minimum Gasteiger partial charge on any atom is -0.381 e. The van der Waals surface area contributed by atoms with Crippen LogP contribution in [0.2, 0.25) is 0 Å². The molecule has 0 radical (unpaired) electrons. The van der Waals surface area contributed by atoms with E-state index in [1.165, 1.54) is 12.8 Å². The first kappa shape index (κ1) is 19.0. The highest BCUT2D eigenvalue weighted by Crippen LogP contribution is 2.38. The number of nitrogens with zero attached hydrogens (tertiary/aromatic N) is 3. The Morgan fingerprint density at radius 3 is 2.79 bits per heavy atom. The summed E-state index contributed by atoms with van der Waals surface area (Å²) in [6.07, 6.45) is 2.35. The number of likely N-dealkylation sites (tertiary alicyclic amines) is 1. The quantitative estimate of drug-likeness (QED) is 0.446. The normalized spacial score (nSPS) is 23.2. The molecule has 5 nitrogen and oxygen atoms in total. The summed E-state index contributed by atoms with van der Waals surface area (Å²) in [6, 6.07) is 9.78. The first-order valence-electron chi connectivity index (χ1n) is 8.35. The molecule has 0 bridgehead atoms. The lowest BCUT2D eigenvalue weighted by molar-refractivity contribution is 0.156. The van der Waals surface area contributed by atoms with Crippen LogP contribution in [0.3, 0.4) is 0 Å². The largest absolute Gasteiger partial charge is 0.381 e. The van der Waals surface area contributed by atoms with Crippen LogP contribution in [-0.4, -0.2) is 43.7 Å². The molecule has 0 amide bonds. The van der Waals surface area contributed by atoms with E-state index in [2.05, 4.69) is 23.2 Å². The highest BCUT2D eigenvalue weighted by molar-refractivity contribution is 14.0. The second-order valence-corrected chi connectivity index (χ2v) is 6.45. The van der Waals surface area contributed by atoms with Crippen molar-refractivity contribution in [2.45, 2.75) is 26.3 Å². The van der Waals surface area contributed by atoms with E-state index in [0.29, 0.717) is 17.5 Å². The average Bonchev–Trinajstić information content (AvgIpc) is 3.22. The first-order chi connectivity index (χ1) is 11.2. The molecular formula is C18H25IN4O. The predicted molar refractivity (Wildman–Crippen MR) is 105 cm³/mol. The third kappa shape index (κ3) is 4.39. The summed E-state index contributed by atoms with van der Waals surface area (Å²) >= 11 is 0. The van der Waals surface area contributed by atoms with Gasteiger partial charge in [-0.05, 0) is 37.5 Å². The molecule has 1 spiro atoms. The first-order valence-corrected chi connectivity index (χ1v) is 8.35. The number of rotatable bonds is 3. The van der Waals surface area contributed by atoms with E-state index in [1.54, 1.807) is 0 Å². The Hall–Kier alpha value is -1.33. The van der Waals surface area contributed by atoms with Crippen molar-refractivity contribution in [1.82, 2.24) is 10.2 Å². The van der Waals surface area contributed by atoms with Gasteiger partial charge in [-0.15, -0.1) is 24.0 Å². The second kappa shape index (κ2) is 8.67. The lowest BCUT2D eigenvalue weighted by atomic mass is 9.87. The number of nitrogens with one attached hydrogen (secondary N) is 1. The zero-order valence-corrected chi connectivity index (χ0v) is 16.5. The molecule has 24 heavy (non-hydrogen) atoms. The summed E-state index contributed by atoms with van der Waals surface area (Å²) in [5.41, 5.74) is 2.15. The average molecular weight is 440 g/mol. The van der Waals surface area contributed by atoms with Crippen molar-refractivity contribution in [3.63, 3.8) is 0 Å². The van der Waals surface area contributed by atoms with E-state index in [0.717, 1.165) is 44.4 Å². The molecule has 2 aliphatic heterocycles. The smallest absolute Gasteiger partial charge is 0.194 e. The van der Waals surface area contributed by atoms with Crippen molar-refractivity contribution < 1.29 is 4.74 Å². The monoisotopic (exact) mass is 440 g/mol. The van der Waals surface area contributed by atoms with Gasteiger partial charge in [0.2, 0.25) is 0 Å². The highest BCUT2D eigenvalue weighted by atomic mass is 127. The highest BCUT2D eigenvalue weighted by Gasteiger charge is 2.42. The third-order valence-corrected chi connectivity index (χ3v) is 4.75. The van der Waals surface area contributed by atoms with Gasteiger partial charge in [-0.25, -0.2) is 4.99 Å². The molecule has 1 atom stereocenters. The molecule has 1 aromatic carbocycles. The lowest BCUT2D eigenvalue weighted by Crippen LogP contribution is -2.41. The molecule has 2 saturated heterocycles. The van der Waals surface area contributed by atoms with Crippen LogP contribution in [0.4, 0.5) is 0 Å². The molecule has 2 aliphatic rings. The zero-order chi connectivity index (χ0) is 16.1.